The van der Waals surface area contributed by atoms with Gasteiger partial charge in [0, 0.05) is 58.2 Å². The summed E-state index contributed by atoms with van der Waals surface area (Å²) in [6.45, 7) is 15.3. The molecule has 0 bridgehead atoms. The molecule has 0 radical (unpaired) electrons. The molecular formula is C55H62ClFN10O5S2. The molecule has 9 rings (SSSR count). The highest BCUT2D eigenvalue weighted by atomic mass is 35.5. The summed E-state index contributed by atoms with van der Waals surface area (Å²) in [5, 5.41) is 33.8. The van der Waals surface area contributed by atoms with Gasteiger partial charge in [0.25, 0.3) is 0 Å². The van der Waals surface area contributed by atoms with Crippen molar-refractivity contribution < 1.29 is 28.7 Å². The summed E-state index contributed by atoms with van der Waals surface area (Å²) in [4.78, 5) is 68.6. The van der Waals surface area contributed by atoms with Crippen molar-refractivity contribution in [2.75, 3.05) is 11.9 Å². The van der Waals surface area contributed by atoms with E-state index in [2.05, 4.69) is 50.3 Å². The topological polar surface area (TPSA) is 196 Å². The van der Waals surface area contributed by atoms with Crippen LogP contribution in [0.25, 0.3) is 15.4 Å². The first-order valence-electron chi connectivity index (χ1n) is 25.0. The SMILES string of the molecule is Cc1ncsc1-c1ccc([C@H](C)NC(=O)[C@@H]2C[C@@H](O)CN2C(=O)[C@@H](NC(=O)CCc2cc(F)cc(N[C@H]3C[C@@H](NC(=O)C[C@@H]4N=C(c5ccc(Cl)cc5)c5c(sc(C)c5C)-n5c(C)nnc54)C3)c2)C(C)(C)C)cc1. The third-order valence-electron chi connectivity index (χ3n) is 14.3. The predicted molar refractivity (Wildman–Crippen MR) is 288 cm³/mol. The van der Waals surface area contributed by atoms with Crippen molar-refractivity contribution in [2.45, 2.75) is 136 Å². The largest absolute Gasteiger partial charge is 0.391 e. The fourth-order valence-corrected chi connectivity index (χ4v) is 12.2. The number of nitrogens with one attached hydrogen (secondary N) is 4. The number of aromatic nitrogens is 4. The Morgan fingerprint density at radius 3 is 2.31 bits per heavy atom. The van der Waals surface area contributed by atoms with E-state index >= 15 is 4.39 Å². The molecule has 2 aliphatic heterocycles. The maximum atomic E-state index is 15.1. The minimum absolute atomic E-state index is 0.0265. The fraction of sp³-hybridized carbons (Fsp3) is 0.418. The number of carbonyl (C=O) groups is 4. The van der Waals surface area contributed by atoms with Gasteiger partial charge in [0.15, 0.2) is 5.82 Å². The normalized spacial score (nSPS) is 20.1. The van der Waals surface area contributed by atoms with Crippen LogP contribution in [0.15, 0.2) is 77.2 Å². The smallest absolute Gasteiger partial charge is 0.246 e. The van der Waals surface area contributed by atoms with Gasteiger partial charge in [-0.15, -0.1) is 32.9 Å². The van der Waals surface area contributed by atoms with Crippen molar-refractivity contribution in [2.24, 2.45) is 10.4 Å². The van der Waals surface area contributed by atoms with E-state index < -0.39 is 53.2 Å². The highest BCUT2D eigenvalue weighted by Gasteiger charge is 2.45. The molecule has 0 unspecified atom stereocenters. The molecule has 3 aromatic heterocycles. The minimum atomic E-state index is -1.01. The average Bonchev–Trinajstić information content (AvgIpc) is 4.11. The van der Waals surface area contributed by atoms with Gasteiger partial charge in [-0.1, -0.05) is 68.8 Å². The van der Waals surface area contributed by atoms with Crippen LogP contribution in [-0.4, -0.2) is 95.9 Å². The van der Waals surface area contributed by atoms with Crippen LogP contribution in [0.2, 0.25) is 5.02 Å². The summed E-state index contributed by atoms with van der Waals surface area (Å²) in [5.74, 6) is -0.582. The summed E-state index contributed by atoms with van der Waals surface area (Å²) < 4.78 is 17.1. The van der Waals surface area contributed by atoms with E-state index in [4.69, 9.17) is 16.6 Å². The lowest BCUT2D eigenvalue weighted by Crippen LogP contribution is -2.57. The van der Waals surface area contributed by atoms with Crippen LogP contribution in [0.3, 0.4) is 0 Å². The van der Waals surface area contributed by atoms with Gasteiger partial charge >= 0.3 is 0 Å². The number of benzene rings is 3. The summed E-state index contributed by atoms with van der Waals surface area (Å²) in [6.07, 6.45) is 0.629. The maximum Gasteiger partial charge on any atom is 0.246 e. The molecule has 19 heteroatoms. The van der Waals surface area contributed by atoms with E-state index in [0.717, 1.165) is 54.0 Å². The molecular weight excluding hydrogens is 999 g/mol. The number of amides is 4. The summed E-state index contributed by atoms with van der Waals surface area (Å²) >= 11 is 9.49. The van der Waals surface area contributed by atoms with E-state index in [1.54, 1.807) is 22.7 Å². The Hall–Kier alpha value is -6.34. The van der Waals surface area contributed by atoms with Gasteiger partial charge in [-0.3, -0.25) is 28.7 Å². The van der Waals surface area contributed by atoms with Gasteiger partial charge in [0.2, 0.25) is 23.6 Å². The van der Waals surface area contributed by atoms with Crippen LogP contribution in [-0.2, 0) is 25.6 Å². The van der Waals surface area contributed by atoms with Crippen LogP contribution in [0.5, 0.6) is 0 Å². The zero-order chi connectivity index (χ0) is 52.7. The third-order valence-corrected chi connectivity index (χ3v) is 16.7. The number of thiazole rings is 1. The lowest BCUT2D eigenvalue weighted by atomic mass is 9.85. The Bertz CT molecular complexity index is 3120. The number of anilines is 1. The van der Waals surface area contributed by atoms with Crippen LogP contribution in [0.4, 0.5) is 10.1 Å². The molecule has 74 heavy (non-hydrogen) atoms. The number of aliphatic hydroxyl groups is 1. The molecule has 388 valence electrons. The number of thiophene rings is 1. The Labute approximate surface area is 443 Å². The number of hydrogen-bond acceptors (Lipinski definition) is 12. The number of rotatable bonds is 15. The lowest BCUT2D eigenvalue weighted by molar-refractivity contribution is -0.144. The van der Waals surface area contributed by atoms with Crippen molar-refractivity contribution >= 4 is 69.3 Å². The summed E-state index contributed by atoms with van der Waals surface area (Å²) in [7, 11) is 0. The number of aliphatic hydroxyl groups excluding tert-OH is 1. The third kappa shape index (κ3) is 11.3. The van der Waals surface area contributed by atoms with Crippen molar-refractivity contribution in [3.8, 4) is 15.4 Å². The zero-order valence-electron chi connectivity index (χ0n) is 42.8. The minimum Gasteiger partial charge on any atom is -0.391 e. The van der Waals surface area contributed by atoms with Crippen LogP contribution in [0, 0.1) is 38.9 Å². The van der Waals surface area contributed by atoms with Gasteiger partial charge in [0.1, 0.15) is 34.8 Å². The van der Waals surface area contributed by atoms with Gasteiger partial charge in [-0.2, -0.15) is 0 Å². The Morgan fingerprint density at radius 1 is 0.905 bits per heavy atom. The molecule has 3 aliphatic rings. The number of fused-ring (bicyclic) bond motifs is 3. The number of β-amino-alcohol motifs (C(OH)–C–C–N with tert-alkyl or cyclic N) is 1. The van der Waals surface area contributed by atoms with E-state index in [9.17, 15) is 24.3 Å². The molecule has 4 amide bonds. The Balaban J connectivity index is 0.779. The molecule has 5 N–H and O–H groups in total. The van der Waals surface area contributed by atoms with Gasteiger partial charge < -0.3 is 31.3 Å². The predicted octanol–water partition coefficient (Wildman–Crippen LogP) is 8.82. The summed E-state index contributed by atoms with van der Waals surface area (Å²) in [5.41, 5.74) is 8.84. The van der Waals surface area contributed by atoms with Gasteiger partial charge in [0.05, 0.1) is 40.4 Å². The number of halogens is 2. The number of hydrogen-bond donors (Lipinski definition) is 5. The molecule has 0 spiro atoms. The monoisotopic (exact) mass is 1060 g/mol. The van der Waals surface area contributed by atoms with Crippen molar-refractivity contribution in [1.82, 2.24) is 40.6 Å². The molecule has 5 atom stereocenters. The first kappa shape index (κ1) is 52.5. The van der Waals surface area contributed by atoms with Gasteiger partial charge in [-0.05, 0) is 112 Å². The molecule has 3 aromatic carbocycles. The first-order valence-corrected chi connectivity index (χ1v) is 27.1. The average molecular weight is 1060 g/mol. The van der Waals surface area contributed by atoms with Crippen LogP contribution < -0.4 is 21.3 Å². The number of aliphatic imine (C=N–C) groups is 1. The fourth-order valence-electron chi connectivity index (χ4n) is 10.1. The molecule has 1 saturated carbocycles. The number of aryl methyl sites for hydroxylation is 4. The number of nitrogens with zero attached hydrogens (tertiary/aromatic N) is 6. The maximum absolute atomic E-state index is 15.1. The molecule has 5 heterocycles. The zero-order valence-corrected chi connectivity index (χ0v) is 45.1. The standard InChI is InChI=1S/C55H62ClFN10O5S2/c1-28-31(4)74-54-47(28)48(35-14-16-37(56)17-15-35)62-43(51-65-64-32(5)67(51)54)25-46(70)61-41-22-40(23-41)60-39-20-33(19-38(57)21-39)9-18-45(69)63-50(55(6,7)8)53(72)66-26-42(68)24-44(66)52(71)59-29(2)34-10-12-36(13-11-34)49-30(3)58-27-73-49/h10-17,19-21,27,29,40-44,50,60,68H,9,18,22-26H2,1-8H3,(H,59,71)(H,61,70)(H,63,69)/t29-,40-,41+,42+,43-,44-,50+/m0/s1. The quantitative estimate of drug-likeness (QED) is 0.0668. The first-order chi connectivity index (χ1) is 35.2. The van der Waals surface area contributed by atoms with Crippen LogP contribution >= 0.6 is 34.3 Å². The molecule has 1 aliphatic carbocycles. The van der Waals surface area contributed by atoms with E-state index in [0.29, 0.717) is 40.8 Å². The second-order valence-electron chi connectivity index (χ2n) is 20.9. The summed E-state index contributed by atoms with van der Waals surface area (Å²) in [6, 6.07) is 17.0. The Kier molecular flexibility index (Phi) is 15.2. The van der Waals surface area contributed by atoms with Crippen molar-refractivity contribution in [3.05, 3.63) is 133 Å². The lowest BCUT2D eigenvalue weighted by Gasteiger charge is -2.37. The highest BCUT2D eigenvalue weighted by molar-refractivity contribution is 7.15. The van der Waals surface area contributed by atoms with Gasteiger partial charge in [-0.25, -0.2) is 9.37 Å². The second-order valence-corrected chi connectivity index (χ2v) is 23.4. The number of likely N-dealkylation sites (tertiary alicyclic amines) is 1. The molecule has 2 fully saturated rings. The van der Waals surface area contributed by atoms with Crippen molar-refractivity contribution in [3.63, 3.8) is 0 Å². The Morgan fingerprint density at radius 2 is 1.62 bits per heavy atom. The van der Waals surface area contributed by atoms with E-state index in [-0.39, 0.29) is 56.3 Å². The highest BCUT2D eigenvalue weighted by Crippen LogP contribution is 2.40. The number of carbonyl (C=O) groups excluding carboxylic acids is 4. The van der Waals surface area contributed by atoms with E-state index in [1.165, 1.54) is 17.0 Å². The molecule has 1 saturated heterocycles. The molecule has 6 aromatic rings. The van der Waals surface area contributed by atoms with E-state index in [1.807, 2.05) is 106 Å². The van der Waals surface area contributed by atoms with Crippen LogP contribution in [0.1, 0.15) is 122 Å². The molecule has 15 nitrogen and oxygen atoms in total. The second kappa shape index (κ2) is 21.5. The van der Waals surface area contributed by atoms with Crippen molar-refractivity contribution in [1.29, 1.82) is 0 Å².